The van der Waals surface area contributed by atoms with Crippen molar-refractivity contribution >= 4 is 17.5 Å². The summed E-state index contributed by atoms with van der Waals surface area (Å²) >= 11 is 0. The van der Waals surface area contributed by atoms with E-state index in [9.17, 15) is 18.0 Å². The van der Waals surface area contributed by atoms with Crippen LogP contribution in [-0.4, -0.2) is 48.6 Å². The number of hydrogen-bond acceptors (Lipinski definition) is 7. The molecule has 0 fully saturated rings. The molecule has 0 bridgehead atoms. The van der Waals surface area contributed by atoms with Gasteiger partial charge in [0.15, 0.2) is 28.9 Å². The first-order valence-electron chi connectivity index (χ1n) is 11.1. The molecule has 8 nitrogen and oxygen atoms in total. The predicted molar refractivity (Wildman–Crippen MR) is 127 cm³/mol. The van der Waals surface area contributed by atoms with Gasteiger partial charge in [-0.15, -0.1) is 0 Å². The zero-order valence-corrected chi connectivity index (χ0v) is 20.4. The Morgan fingerprint density at radius 1 is 1.03 bits per heavy atom. The van der Waals surface area contributed by atoms with Crippen molar-refractivity contribution in [1.82, 2.24) is 14.9 Å². The fourth-order valence-electron chi connectivity index (χ4n) is 3.15. The summed E-state index contributed by atoms with van der Waals surface area (Å²) in [5, 5.41) is 2.85. The Kier molecular flexibility index (Phi) is 8.93. The Morgan fingerprint density at radius 2 is 1.75 bits per heavy atom. The standard InChI is InChI=1S/C25H27F3N4O4/c1-15-10-21(34-4)24(28)18(23(15)27)14-36-17-12-29-25(30-13-17)31-16-7-8-20(19(26)11-16)35-9-5-6-22(33)32(2)3/h7-8,10-13H,5-6,9,14H2,1-4H3,(H,29,30,31). The van der Waals surface area contributed by atoms with Crippen LogP contribution in [0.25, 0.3) is 0 Å². The number of halogens is 3. The van der Waals surface area contributed by atoms with Gasteiger partial charge in [-0.3, -0.25) is 4.79 Å². The van der Waals surface area contributed by atoms with Crippen molar-refractivity contribution < 1.29 is 32.2 Å². The Morgan fingerprint density at radius 3 is 2.39 bits per heavy atom. The van der Waals surface area contributed by atoms with Crippen molar-refractivity contribution in [2.75, 3.05) is 33.1 Å². The van der Waals surface area contributed by atoms with Crippen LogP contribution < -0.4 is 19.5 Å². The van der Waals surface area contributed by atoms with E-state index in [4.69, 9.17) is 14.2 Å². The fourth-order valence-corrected chi connectivity index (χ4v) is 3.15. The van der Waals surface area contributed by atoms with E-state index >= 15 is 0 Å². The minimum absolute atomic E-state index is 0.0234. The smallest absolute Gasteiger partial charge is 0.227 e. The molecule has 1 amide bonds. The van der Waals surface area contributed by atoms with Crippen molar-refractivity contribution in [3.8, 4) is 17.2 Å². The summed E-state index contributed by atoms with van der Waals surface area (Å²) in [6.07, 6.45) is 3.42. The van der Waals surface area contributed by atoms with Gasteiger partial charge < -0.3 is 24.4 Å². The number of ether oxygens (including phenoxy) is 3. The molecule has 0 spiro atoms. The van der Waals surface area contributed by atoms with Crippen molar-refractivity contribution in [2.45, 2.75) is 26.4 Å². The minimum Gasteiger partial charge on any atom is -0.494 e. The number of methoxy groups -OCH3 is 1. The molecule has 0 saturated heterocycles. The lowest BCUT2D eigenvalue weighted by Gasteiger charge is -2.13. The number of aryl methyl sites for hydroxylation is 1. The molecule has 3 rings (SSSR count). The Balaban J connectivity index is 1.55. The van der Waals surface area contributed by atoms with Crippen molar-refractivity contribution in [2.24, 2.45) is 0 Å². The van der Waals surface area contributed by atoms with E-state index in [-0.39, 0.29) is 53.4 Å². The highest BCUT2D eigenvalue weighted by molar-refractivity contribution is 5.75. The molecule has 2 aromatic carbocycles. The van der Waals surface area contributed by atoms with E-state index in [0.717, 1.165) is 0 Å². The normalized spacial score (nSPS) is 10.6. The fraction of sp³-hybridized carbons (Fsp3) is 0.320. The summed E-state index contributed by atoms with van der Waals surface area (Å²) < 4.78 is 58.8. The lowest BCUT2D eigenvalue weighted by Crippen LogP contribution is -2.21. The van der Waals surface area contributed by atoms with Crippen molar-refractivity contribution in [1.29, 1.82) is 0 Å². The summed E-state index contributed by atoms with van der Waals surface area (Å²) in [5.41, 5.74) is 0.342. The van der Waals surface area contributed by atoms with Gasteiger partial charge >= 0.3 is 0 Å². The van der Waals surface area contributed by atoms with Gasteiger partial charge in [-0.25, -0.2) is 23.1 Å². The van der Waals surface area contributed by atoms with Crippen LogP contribution in [0.1, 0.15) is 24.0 Å². The van der Waals surface area contributed by atoms with Crippen molar-refractivity contribution in [3.05, 3.63) is 65.2 Å². The molecule has 192 valence electrons. The van der Waals surface area contributed by atoms with Crippen LogP contribution >= 0.6 is 0 Å². The summed E-state index contributed by atoms with van der Waals surface area (Å²) in [5.74, 6) is -1.84. The van der Waals surface area contributed by atoms with Gasteiger partial charge in [0, 0.05) is 32.3 Å². The summed E-state index contributed by atoms with van der Waals surface area (Å²) in [6, 6.07) is 5.55. The molecule has 0 saturated carbocycles. The maximum atomic E-state index is 14.4. The number of anilines is 2. The number of aromatic nitrogens is 2. The highest BCUT2D eigenvalue weighted by Crippen LogP contribution is 2.27. The molecule has 0 aliphatic heterocycles. The quantitative estimate of drug-likeness (QED) is 0.376. The first-order chi connectivity index (χ1) is 17.2. The van der Waals surface area contributed by atoms with E-state index < -0.39 is 17.5 Å². The Labute approximate surface area is 207 Å². The monoisotopic (exact) mass is 504 g/mol. The molecule has 1 aromatic heterocycles. The molecule has 1 N–H and O–H groups in total. The van der Waals surface area contributed by atoms with Gasteiger partial charge in [0.05, 0.1) is 31.7 Å². The number of carbonyl (C=O) groups is 1. The van der Waals surface area contributed by atoms with Crippen LogP contribution in [0.3, 0.4) is 0 Å². The molecule has 36 heavy (non-hydrogen) atoms. The van der Waals surface area contributed by atoms with Gasteiger partial charge in [0.1, 0.15) is 12.4 Å². The maximum Gasteiger partial charge on any atom is 0.227 e. The SMILES string of the molecule is COc1cc(C)c(F)c(COc2cnc(Nc3ccc(OCCCC(=O)N(C)C)c(F)c3)nc2)c1F. The van der Waals surface area contributed by atoms with E-state index in [1.165, 1.54) is 49.5 Å². The van der Waals surface area contributed by atoms with E-state index in [1.807, 2.05) is 0 Å². The first-order valence-corrected chi connectivity index (χ1v) is 11.1. The second-order valence-electron chi connectivity index (χ2n) is 8.04. The number of hydrogen-bond donors (Lipinski definition) is 1. The molecule has 0 unspecified atom stereocenters. The summed E-state index contributed by atoms with van der Waals surface area (Å²) in [6.45, 7) is 1.32. The molecular formula is C25H27F3N4O4. The van der Waals surface area contributed by atoms with E-state index in [1.54, 1.807) is 20.2 Å². The predicted octanol–water partition coefficient (Wildman–Crippen LogP) is 4.78. The highest BCUT2D eigenvalue weighted by atomic mass is 19.1. The average molecular weight is 505 g/mol. The molecule has 0 atom stereocenters. The molecular weight excluding hydrogens is 477 g/mol. The molecule has 0 aliphatic rings. The van der Waals surface area contributed by atoms with Gasteiger partial charge in [0.25, 0.3) is 0 Å². The molecule has 0 radical (unpaired) electrons. The largest absolute Gasteiger partial charge is 0.494 e. The van der Waals surface area contributed by atoms with Crippen LogP contribution in [-0.2, 0) is 11.4 Å². The van der Waals surface area contributed by atoms with Gasteiger partial charge in [-0.1, -0.05) is 0 Å². The minimum atomic E-state index is -0.837. The average Bonchev–Trinajstić information content (AvgIpc) is 2.85. The second kappa shape index (κ2) is 12.1. The Bertz CT molecular complexity index is 1210. The third-order valence-electron chi connectivity index (χ3n) is 5.15. The lowest BCUT2D eigenvalue weighted by atomic mass is 10.1. The van der Waals surface area contributed by atoms with Gasteiger partial charge in [0.2, 0.25) is 11.9 Å². The van der Waals surface area contributed by atoms with Crippen LogP contribution in [0.5, 0.6) is 17.2 Å². The first kappa shape index (κ1) is 26.6. The van der Waals surface area contributed by atoms with E-state index in [2.05, 4.69) is 15.3 Å². The Hall–Kier alpha value is -4.02. The van der Waals surface area contributed by atoms with Crippen molar-refractivity contribution in [3.63, 3.8) is 0 Å². The van der Waals surface area contributed by atoms with Crippen LogP contribution in [0.4, 0.5) is 24.8 Å². The zero-order chi connectivity index (χ0) is 26.2. The molecule has 11 heteroatoms. The highest BCUT2D eigenvalue weighted by Gasteiger charge is 2.18. The topological polar surface area (TPSA) is 85.8 Å². The maximum absolute atomic E-state index is 14.4. The van der Waals surface area contributed by atoms with Crippen LogP contribution in [0, 0.1) is 24.4 Å². The molecule has 0 aliphatic carbocycles. The van der Waals surface area contributed by atoms with E-state index in [0.29, 0.717) is 18.5 Å². The van der Waals surface area contributed by atoms with Gasteiger partial charge in [-0.2, -0.15) is 0 Å². The molecule has 1 heterocycles. The third kappa shape index (κ3) is 6.77. The van der Waals surface area contributed by atoms with Crippen LogP contribution in [0.15, 0.2) is 36.7 Å². The summed E-state index contributed by atoms with van der Waals surface area (Å²) in [4.78, 5) is 21.2. The summed E-state index contributed by atoms with van der Waals surface area (Å²) in [7, 11) is 4.64. The zero-order valence-electron chi connectivity index (χ0n) is 20.4. The number of benzene rings is 2. The third-order valence-corrected chi connectivity index (χ3v) is 5.15. The second-order valence-corrected chi connectivity index (χ2v) is 8.04. The van der Waals surface area contributed by atoms with Gasteiger partial charge in [-0.05, 0) is 37.1 Å². The number of amides is 1. The number of carbonyl (C=O) groups excluding carboxylic acids is 1. The lowest BCUT2D eigenvalue weighted by molar-refractivity contribution is -0.128. The number of nitrogens with one attached hydrogen (secondary N) is 1. The molecule has 3 aromatic rings. The number of rotatable bonds is 11. The number of nitrogens with zero attached hydrogens (tertiary/aromatic N) is 3. The van der Waals surface area contributed by atoms with Crippen LogP contribution in [0.2, 0.25) is 0 Å².